The Morgan fingerprint density at radius 2 is 2.37 bits per heavy atom. The fourth-order valence-corrected chi connectivity index (χ4v) is 2.97. The van der Waals surface area contributed by atoms with E-state index in [1.807, 2.05) is 0 Å². The number of methoxy groups -OCH3 is 1. The van der Waals surface area contributed by atoms with Gasteiger partial charge in [0, 0.05) is 0 Å². The van der Waals surface area contributed by atoms with Gasteiger partial charge in [-0.05, 0) is 0 Å². The van der Waals surface area contributed by atoms with E-state index < -0.39 is 16.0 Å². The van der Waals surface area contributed by atoms with E-state index in [2.05, 4.69) is 26.3 Å². The van der Waals surface area contributed by atoms with E-state index in [9.17, 15) is 13.2 Å². The second-order valence-electron chi connectivity index (χ2n) is 3.28. The predicted molar refractivity (Wildman–Crippen MR) is 72.1 cm³/mol. The highest BCUT2D eigenvalue weighted by Crippen LogP contribution is 2.18. The molecule has 1 aromatic rings. The molecular weight excluding hydrogens is 290 g/mol. The van der Waals surface area contributed by atoms with Crippen molar-refractivity contribution in [3.05, 3.63) is 11.1 Å². The summed E-state index contributed by atoms with van der Waals surface area (Å²) in [6.07, 6.45) is 1.24. The molecule has 0 aliphatic rings. The number of thiazole rings is 1. The number of esters is 1. The van der Waals surface area contributed by atoms with Crippen LogP contribution < -0.4 is 10.5 Å². The van der Waals surface area contributed by atoms with Gasteiger partial charge < -0.3 is 10.5 Å². The van der Waals surface area contributed by atoms with Crippen molar-refractivity contribution in [2.75, 3.05) is 24.1 Å². The van der Waals surface area contributed by atoms with Crippen LogP contribution in [0.15, 0.2) is 6.20 Å². The van der Waals surface area contributed by atoms with Crippen molar-refractivity contribution >= 4 is 32.5 Å². The number of rotatable bonds is 5. The number of nitrogens with one attached hydrogen (secondary N) is 1. The van der Waals surface area contributed by atoms with Crippen molar-refractivity contribution in [3.63, 3.8) is 0 Å². The topological polar surface area (TPSA) is 111 Å². The molecule has 0 aromatic carbocycles. The first-order valence-corrected chi connectivity index (χ1v) is 7.66. The molecule has 3 N–H and O–H groups in total. The first-order chi connectivity index (χ1) is 8.96. The Bertz CT molecular complexity index is 598. The van der Waals surface area contributed by atoms with Crippen molar-refractivity contribution in [1.82, 2.24) is 4.98 Å². The summed E-state index contributed by atoms with van der Waals surface area (Å²) in [7, 11) is -2.42. The number of hydrogen-bond donors (Lipinski definition) is 2. The van der Waals surface area contributed by atoms with Gasteiger partial charge in [-0.15, -0.1) is 0 Å². The number of nitrogens with zero attached hydrogens (tertiary/aromatic N) is 1. The van der Waals surface area contributed by atoms with Crippen molar-refractivity contribution < 1.29 is 17.9 Å². The van der Waals surface area contributed by atoms with Gasteiger partial charge in [0.25, 0.3) is 0 Å². The molecule has 1 heterocycles. The third kappa shape index (κ3) is 5.69. The van der Waals surface area contributed by atoms with E-state index in [1.165, 1.54) is 13.3 Å². The summed E-state index contributed by atoms with van der Waals surface area (Å²) in [5, 5.41) is 0.200. The number of carbonyl (C=O) groups is 1. The molecule has 0 amide bonds. The number of nitrogens with two attached hydrogens (primary N) is 1. The first kappa shape index (κ1) is 15.4. The minimum atomic E-state index is -3.62. The Balaban J connectivity index is 2.63. The molecule has 0 bridgehead atoms. The van der Waals surface area contributed by atoms with Crippen LogP contribution in [0.25, 0.3) is 0 Å². The number of ether oxygens (including phenoxy) is 1. The number of anilines is 1. The Morgan fingerprint density at radius 3 is 3.00 bits per heavy atom. The first-order valence-electron chi connectivity index (χ1n) is 5.19. The molecule has 7 nitrogen and oxygen atoms in total. The van der Waals surface area contributed by atoms with Gasteiger partial charge in [0.2, 0.25) is 10.0 Å². The molecule has 0 atom stereocenters. The maximum absolute atomic E-state index is 11.6. The fourth-order valence-electron chi connectivity index (χ4n) is 1.02. The van der Waals surface area contributed by atoms with E-state index in [0.717, 1.165) is 11.3 Å². The van der Waals surface area contributed by atoms with Crippen LogP contribution in [0.2, 0.25) is 0 Å². The smallest absolute Gasteiger partial charge is 0.306 e. The van der Waals surface area contributed by atoms with E-state index in [1.54, 1.807) is 0 Å². The van der Waals surface area contributed by atoms with Gasteiger partial charge in [-0.2, -0.15) is 0 Å². The monoisotopic (exact) mass is 303 g/mol. The predicted octanol–water partition coefficient (Wildman–Crippen LogP) is -0.242. The molecule has 0 unspecified atom stereocenters. The lowest BCUT2D eigenvalue weighted by atomic mass is 10.5. The number of sulfonamides is 1. The molecule has 0 aliphatic carbocycles. The molecule has 0 fully saturated rings. The molecule has 0 radical (unpaired) electrons. The largest absolute Gasteiger partial charge is 0.469 e. The van der Waals surface area contributed by atoms with Crippen LogP contribution in [0, 0.1) is 11.8 Å². The summed E-state index contributed by atoms with van der Waals surface area (Å²) in [4.78, 5) is 15.4. The maximum atomic E-state index is 11.6. The van der Waals surface area contributed by atoms with E-state index in [-0.39, 0.29) is 23.8 Å². The highest BCUT2D eigenvalue weighted by atomic mass is 32.2. The maximum Gasteiger partial charge on any atom is 0.306 e. The van der Waals surface area contributed by atoms with E-state index in [4.69, 9.17) is 5.73 Å². The van der Waals surface area contributed by atoms with E-state index >= 15 is 0 Å². The lowest BCUT2D eigenvalue weighted by molar-refractivity contribution is -0.140. The highest BCUT2D eigenvalue weighted by Gasteiger charge is 2.15. The van der Waals surface area contributed by atoms with Crippen LogP contribution in [-0.4, -0.2) is 38.8 Å². The molecule has 0 saturated heterocycles. The Kier molecular flexibility index (Phi) is 5.75. The van der Waals surface area contributed by atoms with Gasteiger partial charge in [-0.3, -0.25) is 9.52 Å². The van der Waals surface area contributed by atoms with Gasteiger partial charge in [0.15, 0.2) is 5.13 Å². The summed E-state index contributed by atoms with van der Waals surface area (Å²) in [6, 6.07) is 0. The number of hydrogen-bond acceptors (Lipinski definition) is 7. The van der Waals surface area contributed by atoms with Gasteiger partial charge in [-0.1, -0.05) is 23.2 Å². The minimum absolute atomic E-state index is 0.200. The average Bonchev–Trinajstić information content (AvgIpc) is 2.80. The fraction of sp³-hybridized carbons (Fsp3) is 0.400. The van der Waals surface area contributed by atoms with Gasteiger partial charge in [0.05, 0.1) is 36.9 Å². The zero-order valence-corrected chi connectivity index (χ0v) is 11.8. The molecule has 104 valence electrons. The Morgan fingerprint density at radius 1 is 1.63 bits per heavy atom. The summed E-state index contributed by atoms with van der Waals surface area (Å²) in [6.45, 7) is 0.220. The zero-order chi connectivity index (χ0) is 14.3. The van der Waals surface area contributed by atoms with Gasteiger partial charge in [0.1, 0.15) is 0 Å². The van der Waals surface area contributed by atoms with Crippen molar-refractivity contribution in [2.24, 2.45) is 5.73 Å². The molecule has 19 heavy (non-hydrogen) atoms. The number of aromatic nitrogens is 1. The third-order valence-electron chi connectivity index (χ3n) is 1.86. The lowest BCUT2D eigenvalue weighted by Crippen LogP contribution is -2.19. The molecule has 9 heteroatoms. The Hall–Kier alpha value is -1.63. The zero-order valence-electron chi connectivity index (χ0n) is 10.2. The normalized spacial score (nSPS) is 10.4. The van der Waals surface area contributed by atoms with Crippen LogP contribution in [0.4, 0.5) is 5.13 Å². The molecular formula is C10H13N3O4S2. The van der Waals surface area contributed by atoms with Crippen LogP contribution >= 0.6 is 11.3 Å². The van der Waals surface area contributed by atoms with Crippen molar-refractivity contribution in [1.29, 1.82) is 0 Å². The summed E-state index contributed by atoms with van der Waals surface area (Å²) >= 11 is 1.09. The van der Waals surface area contributed by atoms with Crippen molar-refractivity contribution in [2.45, 2.75) is 6.42 Å². The number of carbonyl (C=O) groups excluding carboxylic acids is 1. The van der Waals surface area contributed by atoms with Crippen molar-refractivity contribution in [3.8, 4) is 11.8 Å². The van der Waals surface area contributed by atoms with E-state index in [0.29, 0.717) is 4.88 Å². The molecule has 1 rings (SSSR count). The minimum Gasteiger partial charge on any atom is -0.469 e. The van der Waals surface area contributed by atoms with Crippen LogP contribution in [0.1, 0.15) is 11.3 Å². The van der Waals surface area contributed by atoms with Crippen LogP contribution in [0.5, 0.6) is 0 Å². The lowest BCUT2D eigenvalue weighted by Gasteiger charge is -2.03. The van der Waals surface area contributed by atoms with Gasteiger partial charge in [-0.25, -0.2) is 13.4 Å². The molecule has 1 aromatic heterocycles. The highest BCUT2D eigenvalue weighted by molar-refractivity contribution is 7.92. The second kappa shape index (κ2) is 7.08. The quantitative estimate of drug-likeness (QED) is 0.573. The third-order valence-corrected chi connectivity index (χ3v) is 4.07. The van der Waals surface area contributed by atoms with Crippen LogP contribution in [0.3, 0.4) is 0 Å². The molecule has 0 spiro atoms. The van der Waals surface area contributed by atoms with Crippen LogP contribution in [-0.2, 0) is 19.6 Å². The SMILES string of the molecule is COC(=O)CCS(=O)(=O)Nc1ncc(C#CCN)s1. The summed E-state index contributed by atoms with van der Waals surface area (Å²) in [5.74, 6) is 4.44. The molecule has 0 aliphatic heterocycles. The standard InChI is InChI=1S/C10H13N3O4S2/c1-17-9(14)4-6-19(15,16)13-10-12-7-8(18-10)3-2-5-11/h7H,4-6,11H2,1H3,(H,12,13). The summed E-state index contributed by atoms with van der Waals surface area (Å²) < 4.78 is 29.9. The Labute approximate surface area is 115 Å². The second-order valence-corrected chi connectivity index (χ2v) is 6.16. The molecule has 0 saturated carbocycles. The average molecular weight is 303 g/mol. The summed E-state index contributed by atoms with van der Waals surface area (Å²) in [5.41, 5.74) is 5.22. The van der Waals surface area contributed by atoms with Gasteiger partial charge >= 0.3 is 5.97 Å².